The summed E-state index contributed by atoms with van der Waals surface area (Å²) in [4.78, 5) is 9.37. The molecule has 1 radical (unpaired) electrons. The van der Waals surface area contributed by atoms with Crippen LogP contribution in [0.4, 0.5) is 0 Å². The van der Waals surface area contributed by atoms with E-state index in [4.69, 9.17) is 5.11 Å². The van der Waals surface area contributed by atoms with Crippen molar-refractivity contribution in [3.63, 3.8) is 0 Å². The van der Waals surface area contributed by atoms with Crippen LogP contribution < -0.4 is 0 Å². The van der Waals surface area contributed by atoms with Gasteiger partial charge in [-0.25, -0.2) is 12.0 Å². The third kappa shape index (κ3) is 6.04. The molecule has 2 nitrogen and oxygen atoms in total. The molecule has 0 fully saturated rings. The van der Waals surface area contributed by atoms with Crippen LogP contribution in [0.2, 0.25) is 0 Å². The summed E-state index contributed by atoms with van der Waals surface area (Å²) in [6.45, 7) is 1.60. The summed E-state index contributed by atoms with van der Waals surface area (Å²) in [7, 11) is 0. The molecule has 21 heavy (non-hydrogen) atoms. The first-order valence-electron chi connectivity index (χ1n) is 7.20. The fraction of sp³-hybridized carbons (Fsp3) is 0.556. The molecule has 3 aliphatic rings. The molecule has 0 amide bonds. The van der Waals surface area contributed by atoms with E-state index in [0.29, 0.717) is 0 Å². The second-order valence-corrected chi connectivity index (χ2v) is 5.31. The second-order valence-electron chi connectivity index (χ2n) is 5.31. The second kappa shape index (κ2) is 11.1. The number of fused-ring (bicyclic) bond motifs is 1. The summed E-state index contributed by atoms with van der Waals surface area (Å²) >= 11 is 0. The Kier molecular flexibility index (Phi) is 12.1. The quantitative estimate of drug-likeness (QED) is 0.523. The van der Waals surface area contributed by atoms with Gasteiger partial charge in [0.25, 0.3) is 0 Å². The minimum Gasteiger partial charge on any atom is -0.481 e. The summed E-state index contributed by atoms with van der Waals surface area (Å²) in [5.74, 6) is -0.745. The molecule has 0 aromatic rings. The number of hydrogen-bond acceptors (Lipinski definition) is 1. The van der Waals surface area contributed by atoms with Crippen molar-refractivity contribution < 1.29 is 31.6 Å². The van der Waals surface area contributed by atoms with E-state index in [9.17, 15) is 4.79 Å². The molecule has 3 aliphatic carbocycles. The van der Waals surface area contributed by atoms with Gasteiger partial charge in [-0.05, 0) is 25.7 Å². The Balaban J connectivity index is 0. The number of carboxylic acid groups (broad SMARTS) is 1. The first kappa shape index (κ1) is 22.8. The van der Waals surface area contributed by atoms with E-state index in [1.54, 1.807) is 29.2 Å². The van der Waals surface area contributed by atoms with Crippen molar-refractivity contribution in [1.29, 1.82) is 0 Å². The van der Waals surface area contributed by atoms with Crippen LogP contribution in [0.15, 0.2) is 22.3 Å². The van der Waals surface area contributed by atoms with Gasteiger partial charge >= 0.3 is 27.7 Å². The van der Waals surface area contributed by atoms with Crippen LogP contribution in [0.5, 0.6) is 0 Å². The van der Waals surface area contributed by atoms with E-state index in [0.717, 1.165) is 0 Å². The Bertz CT molecular complexity index is 364. The van der Waals surface area contributed by atoms with E-state index in [1.165, 1.54) is 51.4 Å². The smallest absolute Gasteiger partial charge is 0.481 e. The van der Waals surface area contributed by atoms with E-state index in [1.807, 2.05) is 0 Å². The first-order chi connectivity index (χ1) is 8.72. The van der Waals surface area contributed by atoms with Crippen molar-refractivity contribution in [2.24, 2.45) is 0 Å². The standard InChI is InChI=1S/C13H17.C3H6O2.2CH3.Ti/c1-3-7-12-10(5-1)9-11-6-2-4-8-13(11)12;1-2-3(4)5;;;/h5H,1-4,6-9H2;2H2,1H3,(H,4,5);2*1H3;/q-1;;2*-1;+3. The van der Waals surface area contributed by atoms with Gasteiger partial charge in [-0.15, -0.1) is 12.0 Å². The Morgan fingerprint density at radius 1 is 1.10 bits per heavy atom. The normalized spacial score (nSPS) is 18.5. The van der Waals surface area contributed by atoms with Crippen molar-refractivity contribution in [2.75, 3.05) is 0 Å². The van der Waals surface area contributed by atoms with Gasteiger partial charge in [0, 0.05) is 6.42 Å². The summed E-state index contributed by atoms with van der Waals surface area (Å²) in [6.07, 6.45) is 13.8. The monoisotopic (exact) mass is 325 g/mol. The molecule has 0 saturated heterocycles. The van der Waals surface area contributed by atoms with Gasteiger partial charge in [0.15, 0.2) is 0 Å². The predicted octanol–water partition coefficient (Wildman–Crippen LogP) is 5.32. The number of hydrogen-bond donors (Lipinski definition) is 1. The molecular weight excluding hydrogens is 296 g/mol. The average Bonchev–Trinajstić information content (AvgIpc) is 2.78. The Labute approximate surface area is 146 Å². The molecule has 0 saturated carbocycles. The van der Waals surface area contributed by atoms with Gasteiger partial charge in [0.2, 0.25) is 0 Å². The molecular formula is C18H29O2Ti. The van der Waals surface area contributed by atoms with Gasteiger partial charge in [0.1, 0.15) is 0 Å². The summed E-state index contributed by atoms with van der Waals surface area (Å²) in [6, 6.07) is 0. The van der Waals surface area contributed by atoms with Gasteiger partial charge in [-0.1, -0.05) is 31.8 Å². The maximum absolute atomic E-state index is 9.37. The van der Waals surface area contributed by atoms with Crippen LogP contribution >= 0.6 is 0 Å². The van der Waals surface area contributed by atoms with Crippen LogP contribution in [-0.2, 0) is 26.5 Å². The molecule has 0 aliphatic heterocycles. The molecule has 0 bridgehead atoms. The number of aliphatic carboxylic acids is 1. The Morgan fingerprint density at radius 2 is 1.67 bits per heavy atom. The molecule has 0 heterocycles. The van der Waals surface area contributed by atoms with Crippen LogP contribution in [0.1, 0.15) is 64.7 Å². The molecule has 0 atom stereocenters. The summed E-state index contributed by atoms with van der Waals surface area (Å²) in [5, 5.41) is 7.72. The Morgan fingerprint density at radius 3 is 2.29 bits per heavy atom. The van der Waals surface area contributed by atoms with E-state index >= 15 is 0 Å². The van der Waals surface area contributed by atoms with Crippen molar-refractivity contribution in [3.05, 3.63) is 43.6 Å². The van der Waals surface area contributed by atoms with Gasteiger partial charge in [-0.2, -0.15) is 5.57 Å². The van der Waals surface area contributed by atoms with E-state index in [2.05, 4.69) is 6.42 Å². The summed E-state index contributed by atoms with van der Waals surface area (Å²) in [5.41, 5.74) is 7.06. The zero-order chi connectivity index (χ0) is 13.0. The molecule has 117 valence electrons. The van der Waals surface area contributed by atoms with E-state index in [-0.39, 0.29) is 43.0 Å². The average molecular weight is 325 g/mol. The third-order valence-corrected chi connectivity index (χ3v) is 4.06. The molecule has 0 aromatic carbocycles. The minimum absolute atomic E-state index is 0. The maximum Gasteiger partial charge on any atom is 3.00 e. The molecule has 1 N–H and O–H groups in total. The van der Waals surface area contributed by atoms with Crippen molar-refractivity contribution in [2.45, 2.75) is 64.7 Å². The number of rotatable bonds is 1. The molecule has 3 rings (SSSR count). The van der Waals surface area contributed by atoms with Crippen LogP contribution in [-0.4, -0.2) is 11.1 Å². The minimum atomic E-state index is -0.745. The molecule has 0 spiro atoms. The molecule has 0 unspecified atom stereocenters. The zero-order valence-electron chi connectivity index (χ0n) is 13.8. The number of carbonyl (C=O) groups is 1. The SMILES string of the molecule is CCC(=O)O.[CH-]1CCCC2=C1CC1=C2CCCC1.[CH3-].[CH3-].[Ti+3]. The summed E-state index contributed by atoms with van der Waals surface area (Å²) < 4.78 is 0. The van der Waals surface area contributed by atoms with Crippen LogP contribution in [0.25, 0.3) is 0 Å². The van der Waals surface area contributed by atoms with E-state index < -0.39 is 5.97 Å². The fourth-order valence-electron chi connectivity index (χ4n) is 3.12. The Hall–Kier alpha value is -0.466. The van der Waals surface area contributed by atoms with Crippen LogP contribution in [0.3, 0.4) is 0 Å². The first-order valence-corrected chi connectivity index (χ1v) is 7.20. The van der Waals surface area contributed by atoms with Crippen molar-refractivity contribution in [1.82, 2.24) is 0 Å². The third-order valence-electron chi connectivity index (χ3n) is 4.06. The van der Waals surface area contributed by atoms with Crippen molar-refractivity contribution >= 4 is 5.97 Å². The predicted molar refractivity (Wildman–Crippen MR) is 86.0 cm³/mol. The van der Waals surface area contributed by atoms with Crippen LogP contribution in [0, 0.1) is 21.3 Å². The van der Waals surface area contributed by atoms with Crippen molar-refractivity contribution in [3.8, 4) is 0 Å². The largest absolute Gasteiger partial charge is 3.00 e. The van der Waals surface area contributed by atoms with Gasteiger partial charge < -0.3 is 20.0 Å². The van der Waals surface area contributed by atoms with Gasteiger partial charge in [-0.3, -0.25) is 4.79 Å². The topological polar surface area (TPSA) is 37.3 Å². The molecule has 0 aromatic heterocycles. The fourth-order valence-corrected chi connectivity index (χ4v) is 3.12. The number of carboxylic acids is 1. The zero-order valence-corrected chi connectivity index (χ0v) is 15.4. The van der Waals surface area contributed by atoms with Gasteiger partial charge in [0.05, 0.1) is 0 Å². The number of allylic oxidation sites excluding steroid dienone is 4. The molecule has 3 heteroatoms. The maximum atomic E-state index is 9.37.